The molecule has 4 nitrogen and oxygen atoms in total. The second kappa shape index (κ2) is 6.63. The van der Waals surface area contributed by atoms with E-state index in [1.54, 1.807) is 25.3 Å². The van der Waals surface area contributed by atoms with Crippen LogP contribution in [-0.4, -0.2) is 22.0 Å². The van der Waals surface area contributed by atoms with Gasteiger partial charge in [0.2, 0.25) is 5.91 Å². The van der Waals surface area contributed by atoms with Gasteiger partial charge in [-0.2, -0.15) is 0 Å². The molecule has 0 saturated carbocycles. The lowest BCUT2D eigenvalue weighted by Crippen LogP contribution is -2.21. The molecule has 1 heterocycles. The first-order valence-corrected chi connectivity index (χ1v) is 8.46. The van der Waals surface area contributed by atoms with Crippen LogP contribution in [0.2, 0.25) is 0 Å². The van der Waals surface area contributed by atoms with E-state index >= 15 is 0 Å². The van der Waals surface area contributed by atoms with E-state index in [2.05, 4.69) is 0 Å². The molecular formula is C21H21NO3. The summed E-state index contributed by atoms with van der Waals surface area (Å²) in [5.74, 6) is -0.128. The van der Waals surface area contributed by atoms with Crippen molar-refractivity contribution in [1.82, 2.24) is 4.57 Å². The van der Waals surface area contributed by atoms with Crippen LogP contribution < -0.4 is 0 Å². The fraction of sp³-hybridized carbons (Fsp3) is 0.286. The van der Waals surface area contributed by atoms with E-state index in [0.29, 0.717) is 41.6 Å². The van der Waals surface area contributed by atoms with E-state index in [9.17, 15) is 14.4 Å². The standard InChI is InChI=1S/C21H21NO3/c1-13-14(2)21(25)18(15(3)20(13)24)9-6-10-19(23)22-11-16-7-4-5-8-17(16)12-22/h4-5,7-8,11-12H,6,9-10H2,1-3H3. The molecule has 0 unspecified atom stereocenters. The van der Waals surface area contributed by atoms with Crippen LogP contribution in [0.1, 0.15) is 44.8 Å². The van der Waals surface area contributed by atoms with Crippen molar-refractivity contribution < 1.29 is 14.4 Å². The lowest BCUT2D eigenvalue weighted by atomic mass is 9.84. The Morgan fingerprint density at radius 3 is 2.04 bits per heavy atom. The number of hydrogen-bond acceptors (Lipinski definition) is 3. The van der Waals surface area contributed by atoms with Gasteiger partial charge in [-0.15, -0.1) is 0 Å². The number of hydrogen-bond donors (Lipinski definition) is 0. The zero-order valence-electron chi connectivity index (χ0n) is 14.8. The summed E-state index contributed by atoms with van der Waals surface area (Å²) in [5, 5.41) is 2.05. The number of fused-ring (bicyclic) bond motifs is 1. The van der Waals surface area contributed by atoms with Gasteiger partial charge in [0.25, 0.3) is 0 Å². The van der Waals surface area contributed by atoms with Crippen molar-refractivity contribution in [3.05, 3.63) is 59.0 Å². The minimum absolute atomic E-state index is 0.00696. The topological polar surface area (TPSA) is 56.1 Å². The molecule has 1 aromatic heterocycles. The molecule has 1 aromatic carbocycles. The molecule has 0 radical (unpaired) electrons. The molecule has 1 aliphatic rings. The Labute approximate surface area is 146 Å². The van der Waals surface area contributed by atoms with Crippen LogP contribution in [0.25, 0.3) is 10.8 Å². The summed E-state index contributed by atoms with van der Waals surface area (Å²) in [5.41, 5.74) is 2.13. The molecule has 25 heavy (non-hydrogen) atoms. The quantitative estimate of drug-likeness (QED) is 0.785. The maximum absolute atomic E-state index is 12.4. The summed E-state index contributed by atoms with van der Waals surface area (Å²) in [6, 6.07) is 7.82. The Kier molecular flexibility index (Phi) is 4.53. The molecule has 0 atom stereocenters. The fourth-order valence-corrected chi connectivity index (χ4v) is 3.23. The summed E-state index contributed by atoms with van der Waals surface area (Å²) >= 11 is 0. The summed E-state index contributed by atoms with van der Waals surface area (Å²) in [7, 11) is 0. The van der Waals surface area contributed by atoms with E-state index in [-0.39, 0.29) is 17.5 Å². The molecule has 0 amide bonds. The molecule has 4 heteroatoms. The molecule has 0 spiro atoms. The van der Waals surface area contributed by atoms with E-state index in [0.717, 1.165) is 10.8 Å². The van der Waals surface area contributed by atoms with Gasteiger partial charge in [0.05, 0.1) is 0 Å². The van der Waals surface area contributed by atoms with Crippen molar-refractivity contribution in [2.45, 2.75) is 40.0 Å². The van der Waals surface area contributed by atoms with Crippen molar-refractivity contribution in [3.63, 3.8) is 0 Å². The first-order valence-electron chi connectivity index (χ1n) is 8.46. The van der Waals surface area contributed by atoms with E-state index in [1.165, 1.54) is 0 Å². The Morgan fingerprint density at radius 1 is 0.880 bits per heavy atom. The normalized spacial score (nSPS) is 15.5. The van der Waals surface area contributed by atoms with Gasteiger partial charge >= 0.3 is 0 Å². The third-order valence-electron chi connectivity index (χ3n) is 4.97. The molecule has 2 aromatic rings. The maximum Gasteiger partial charge on any atom is 0.230 e. The van der Waals surface area contributed by atoms with Gasteiger partial charge in [0.1, 0.15) is 0 Å². The van der Waals surface area contributed by atoms with Crippen LogP contribution in [0.5, 0.6) is 0 Å². The maximum atomic E-state index is 12.4. The smallest absolute Gasteiger partial charge is 0.230 e. The fourth-order valence-electron chi connectivity index (χ4n) is 3.23. The van der Waals surface area contributed by atoms with Crippen molar-refractivity contribution in [2.75, 3.05) is 0 Å². The number of aromatic nitrogens is 1. The van der Waals surface area contributed by atoms with Gasteiger partial charge in [-0.3, -0.25) is 19.0 Å². The monoisotopic (exact) mass is 335 g/mol. The van der Waals surface area contributed by atoms with Crippen molar-refractivity contribution in [2.24, 2.45) is 0 Å². The van der Waals surface area contributed by atoms with Crippen molar-refractivity contribution in [3.8, 4) is 0 Å². The second-order valence-electron chi connectivity index (χ2n) is 6.55. The molecule has 0 bridgehead atoms. The van der Waals surface area contributed by atoms with Crippen LogP contribution in [0.4, 0.5) is 0 Å². The van der Waals surface area contributed by atoms with Crippen molar-refractivity contribution >= 4 is 28.2 Å². The number of Topliss-reactive ketones (excluding diaryl/α,β-unsaturated/α-hetero) is 2. The molecule has 0 aliphatic heterocycles. The van der Waals surface area contributed by atoms with Gasteiger partial charge in [-0.05, 0) is 44.4 Å². The molecule has 1 aliphatic carbocycles. The molecule has 0 N–H and O–H groups in total. The molecule has 0 saturated heterocycles. The highest BCUT2D eigenvalue weighted by Crippen LogP contribution is 2.27. The average molecular weight is 335 g/mol. The summed E-state index contributed by atoms with van der Waals surface area (Å²) < 4.78 is 1.61. The number of rotatable bonds is 4. The predicted molar refractivity (Wildman–Crippen MR) is 97.5 cm³/mol. The first-order chi connectivity index (χ1) is 11.9. The van der Waals surface area contributed by atoms with Crippen LogP contribution in [0.15, 0.2) is 59.0 Å². The molecule has 0 fully saturated rings. The highest BCUT2D eigenvalue weighted by molar-refractivity contribution is 6.24. The minimum atomic E-state index is -0.0613. The van der Waals surface area contributed by atoms with E-state index in [4.69, 9.17) is 0 Å². The van der Waals surface area contributed by atoms with Gasteiger partial charge in [-0.25, -0.2) is 0 Å². The highest BCUT2D eigenvalue weighted by Gasteiger charge is 2.27. The van der Waals surface area contributed by atoms with Gasteiger partial charge in [0, 0.05) is 41.1 Å². The van der Waals surface area contributed by atoms with E-state index in [1.807, 2.05) is 36.7 Å². The van der Waals surface area contributed by atoms with Crippen LogP contribution in [0.3, 0.4) is 0 Å². The average Bonchev–Trinajstić information content (AvgIpc) is 3.05. The SMILES string of the molecule is CC1=C(C)C(=O)C(CCCC(=O)n2cc3ccccc3c2)=C(C)C1=O. The van der Waals surface area contributed by atoms with Crippen molar-refractivity contribution in [1.29, 1.82) is 0 Å². The van der Waals surface area contributed by atoms with Gasteiger partial charge in [-0.1, -0.05) is 24.3 Å². The largest absolute Gasteiger partial charge is 0.293 e. The van der Waals surface area contributed by atoms with Crippen LogP contribution in [-0.2, 0) is 9.59 Å². The molecule has 3 rings (SSSR count). The summed E-state index contributed by atoms with van der Waals surface area (Å²) in [6.45, 7) is 5.08. The third-order valence-corrected chi connectivity index (χ3v) is 4.97. The van der Waals surface area contributed by atoms with Gasteiger partial charge < -0.3 is 0 Å². The predicted octanol–water partition coefficient (Wildman–Crippen LogP) is 4.26. The van der Waals surface area contributed by atoms with Crippen LogP contribution in [0, 0.1) is 0 Å². The van der Waals surface area contributed by atoms with E-state index < -0.39 is 0 Å². The number of benzene rings is 1. The number of carbonyl (C=O) groups is 3. The summed E-state index contributed by atoms with van der Waals surface area (Å²) in [6.07, 6.45) is 4.99. The zero-order chi connectivity index (χ0) is 18.1. The minimum Gasteiger partial charge on any atom is -0.293 e. The number of ketones is 2. The van der Waals surface area contributed by atoms with Crippen LogP contribution >= 0.6 is 0 Å². The number of allylic oxidation sites excluding steroid dienone is 4. The Morgan fingerprint density at radius 2 is 1.44 bits per heavy atom. The Balaban J connectivity index is 1.67. The Hall–Kier alpha value is -2.75. The lowest BCUT2D eigenvalue weighted by Gasteiger charge is -2.18. The second-order valence-corrected chi connectivity index (χ2v) is 6.55. The lowest BCUT2D eigenvalue weighted by molar-refractivity contribution is -0.116. The highest BCUT2D eigenvalue weighted by atomic mass is 16.2. The Bertz CT molecular complexity index is 923. The first kappa shape index (κ1) is 17.1. The number of carbonyl (C=O) groups excluding carboxylic acids is 3. The zero-order valence-corrected chi connectivity index (χ0v) is 14.8. The van der Waals surface area contributed by atoms with Gasteiger partial charge in [0.15, 0.2) is 11.6 Å². The third kappa shape index (κ3) is 3.12. The number of nitrogens with zero attached hydrogens (tertiary/aromatic N) is 1. The molecule has 128 valence electrons. The molecular weight excluding hydrogens is 314 g/mol. The summed E-state index contributed by atoms with van der Waals surface area (Å²) in [4.78, 5) is 37.0.